The Balaban J connectivity index is 1.99. The normalized spacial score (nSPS) is 24.5. The van der Waals surface area contributed by atoms with Gasteiger partial charge in [-0.2, -0.15) is 0 Å². The summed E-state index contributed by atoms with van der Waals surface area (Å²) < 4.78 is 32.4. The Bertz CT molecular complexity index is 401. The van der Waals surface area contributed by atoms with Crippen molar-refractivity contribution in [3.8, 4) is 0 Å². The van der Waals surface area contributed by atoms with Crippen molar-refractivity contribution in [2.45, 2.75) is 32.4 Å². The Kier molecular flexibility index (Phi) is 4.30. The predicted molar refractivity (Wildman–Crippen MR) is 66.3 cm³/mol. The summed E-state index contributed by atoms with van der Waals surface area (Å²) in [5.41, 5.74) is 0.297. The van der Waals surface area contributed by atoms with Gasteiger partial charge in [0.1, 0.15) is 0 Å². The minimum atomic E-state index is -0.819. The summed E-state index contributed by atoms with van der Waals surface area (Å²) in [5, 5.41) is 3.33. The second-order valence-corrected chi connectivity index (χ2v) is 5.20. The van der Waals surface area contributed by atoms with Crippen LogP contribution >= 0.6 is 0 Å². The highest BCUT2D eigenvalue weighted by Crippen LogP contribution is 2.25. The number of nitrogens with one attached hydrogen (secondary N) is 1. The van der Waals surface area contributed by atoms with E-state index < -0.39 is 17.7 Å². The summed E-state index contributed by atoms with van der Waals surface area (Å²) >= 11 is 0. The molecule has 18 heavy (non-hydrogen) atoms. The molecular formula is C14H19F2NO. The van der Waals surface area contributed by atoms with Crippen LogP contribution in [0.1, 0.15) is 31.9 Å². The number of ether oxygens (including phenoxy) is 1. The van der Waals surface area contributed by atoms with Crippen molar-refractivity contribution >= 4 is 0 Å². The first kappa shape index (κ1) is 13.4. The lowest BCUT2D eigenvalue weighted by Crippen LogP contribution is -2.43. The van der Waals surface area contributed by atoms with Crippen molar-refractivity contribution in [3.05, 3.63) is 35.4 Å². The van der Waals surface area contributed by atoms with Crippen LogP contribution in [0, 0.1) is 17.6 Å². The van der Waals surface area contributed by atoms with Crippen LogP contribution < -0.4 is 5.32 Å². The summed E-state index contributed by atoms with van der Waals surface area (Å²) in [4.78, 5) is 0. The fourth-order valence-corrected chi connectivity index (χ4v) is 2.31. The molecule has 0 spiro atoms. The van der Waals surface area contributed by atoms with E-state index in [1.54, 1.807) is 6.07 Å². The molecule has 1 aromatic rings. The number of hydrogen-bond acceptors (Lipinski definition) is 2. The van der Waals surface area contributed by atoms with Gasteiger partial charge in [0.25, 0.3) is 0 Å². The van der Waals surface area contributed by atoms with Crippen LogP contribution in [0.3, 0.4) is 0 Å². The van der Waals surface area contributed by atoms with Gasteiger partial charge in [-0.25, -0.2) is 8.78 Å². The molecule has 2 nitrogen and oxygen atoms in total. The lowest BCUT2D eigenvalue weighted by molar-refractivity contribution is -0.00342. The molecule has 1 fully saturated rings. The average Bonchev–Trinajstić information content (AvgIpc) is 2.33. The van der Waals surface area contributed by atoms with Crippen LogP contribution in [-0.4, -0.2) is 19.2 Å². The first-order chi connectivity index (χ1) is 8.58. The van der Waals surface area contributed by atoms with Crippen LogP contribution in [0.15, 0.2) is 18.2 Å². The average molecular weight is 255 g/mol. The number of hydrogen-bond donors (Lipinski definition) is 1. The molecule has 2 atom stereocenters. The van der Waals surface area contributed by atoms with E-state index in [0.717, 1.165) is 12.5 Å². The molecule has 1 aliphatic heterocycles. The van der Waals surface area contributed by atoms with Crippen molar-refractivity contribution in [3.63, 3.8) is 0 Å². The topological polar surface area (TPSA) is 21.3 Å². The van der Waals surface area contributed by atoms with Crippen molar-refractivity contribution in [1.29, 1.82) is 0 Å². The monoisotopic (exact) mass is 255 g/mol. The highest BCUT2D eigenvalue weighted by atomic mass is 19.2. The molecule has 1 aliphatic rings. The number of morpholine rings is 1. The fraction of sp³-hybridized carbons (Fsp3) is 0.571. The van der Waals surface area contributed by atoms with E-state index in [0.29, 0.717) is 30.7 Å². The van der Waals surface area contributed by atoms with Gasteiger partial charge in [-0.3, -0.25) is 0 Å². The second-order valence-electron chi connectivity index (χ2n) is 5.20. The lowest BCUT2D eigenvalue weighted by atomic mass is 10.0. The lowest BCUT2D eigenvalue weighted by Gasteiger charge is -2.31. The molecule has 1 heterocycles. The first-order valence-corrected chi connectivity index (χ1v) is 6.36. The van der Waals surface area contributed by atoms with Gasteiger partial charge >= 0.3 is 0 Å². The molecule has 0 aromatic heterocycles. The maximum atomic E-state index is 13.6. The third-order valence-corrected chi connectivity index (χ3v) is 3.17. The second kappa shape index (κ2) is 5.76. The van der Waals surface area contributed by atoms with E-state index in [1.165, 1.54) is 6.07 Å². The Labute approximate surface area is 106 Å². The van der Waals surface area contributed by atoms with Crippen LogP contribution in [0.2, 0.25) is 0 Å². The third-order valence-electron chi connectivity index (χ3n) is 3.17. The molecule has 2 rings (SSSR count). The highest BCUT2D eigenvalue weighted by Gasteiger charge is 2.25. The zero-order valence-electron chi connectivity index (χ0n) is 10.7. The van der Waals surface area contributed by atoms with Gasteiger partial charge in [0, 0.05) is 18.2 Å². The minimum absolute atomic E-state index is 0.297. The SMILES string of the molecule is CC(C)CC1COC(c2cccc(F)c2F)CN1. The van der Waals surface area contributed by atoms with E-state index in [4.69, 9.17) is 4.74 Å². The molecular weight excluding hydrogens is 236 g/mol. The third kappa shape index (κ3) is 3.06. The van der Waals surface area contributed by atoms with Crippen molar-refractivity contribution in [2.24, 2.45) is 5.92 Å². The zero-order chi connectivity index (χ0) is 13.1. The molecule has 4 heteroatoms. The fourth-order valence-electron chi connectivity index (χ4n) is 2.31. The summed E-state index contributed by atoms with van der Waals surface area (Å²) in [6, 6.07) is 4.51. The number of rotatable bonds is 3. The summed E-state index contributed by atoms with van der Waals surface area (Å²) in [6.45, 7) is 5.37. The van der Waals surface area contributed by atoms with E-state index in [1.807, 2.05) is 0 Å². The maximum absolute atomic E-state index is 13.6. The highest BCUT2D eigenvalue weighted by molar-refractivity contribution is 5.22. The molecule has 1 aromatic carbocycles. The molecule has 100 valence electrons. The van der Waals surface area contributed by atoms with E-state index in [-0.39, 0.29) is 0 Å². The van der Waals surface area contributed by atoms with Crippen molar-refractivity contribution in [2.75, 3.05) is 13.2 Å². The van der Waals surface area contributed by atoms with Gasteiger partial charge in [0.2, 0.25) is 0 Å². The van der Waals surface area contributed by atoms with Crippen molar-refractivity contribution in [1.82, 2.24) is 5.32 Å². The van der Waals surface area contributed by atoms with E-state index in [9.17, 15) is 8.78 Å². The largest absolute Gasteiger partial charge is 0.370 e. The Morgan fingerprint density at radius 3 is 2.78 bits per heavy atom. The van der Waals surface area contributed by atoms with E-state index in [2.05, 4.69) is 19.2 Å². The number of benzene rings is 1. The molecule has 0 radical (unpaired) electrons. The molecule has 0 amide bonds. The van der Waals surface area contributed by atoms with Gasteiger partial charge in [-0.15, -0.1) is 0 Å². The molecule has 0 saturated carbocycles. The van der Waals surface area contributed by atoms with Gasteiger partial charge < -0.3 is 10.1 Å². The molecule has 0 aliphatic carbocycles. The van der Waals surface area contributed by atoms with Crippen molar-refractivity contribution < 1.29 is 13.5 Å². The Morgan fingerprint density at radius 1 is 1.39 bits per heavy atom. The quantitative estimate of drug-likeness (QED) is 0.896. The molecule has 0 bridgehead atoms. The molecule has 1 saturated heterocycles. The Hall–Kier alpha value is -1.00. The first-order valence-electron chi connectivity index (χ1n) is 6.36. The van der Waals surface area contributed by atoms with Crippen LogP contribution in [0.4, 0.5) is 8.78 Å². The van der Waals surface area contributed by atoms with Crippen LogP contribution in [-0.2, 0) is 4.74 Å². The minimum Gasteiger partial charge on any atom is -0.370 e. The van der Waals surface area contributed by atoms with E-state index >= 15 is 0 Å². The smallest absolute Gasteiger partial charge is 0.164 e. The number of halogens is 2. The summed E-state index contributed by atoms with van der Waals surface area (Å²) in [7, 11) is 0. The van der Waals surface area contributed by atoms with Gasteiger partial charge in [-0.05, 0) is 18.4 Å². The molecule has 2 unspecified atom stereocenters. The maximum Gasteiger partial charge on any atom is 0.164 e. The Morgan fingerprint density at radius 2 is 2.17 bits per heavy atom. The summed E-state index contributed by atoms with van der Waals surface area (Å²) in [6.07, 6.45) is 0.627. The van der Waals surface area contributed by atoms with Gasteiger partial charge in [0.15, 0.2) is 11.6 Å². The van der Waals surface area contributed by atoms with Gasteiger partial charge in [-0.1, -0.05) is 26.0 Å². The van der Waals surface area contributed by atoms with Crippen LogP contribution in [0.5, 0.6) is 0 Å². The van der Waals surface area contributed by atoms with Crippen LogP contribution in [0.25, 0.3) is 0 Å². The predicted octanol–water partition coefficient (Wildman–Crippen LogP) is 3.04. The zero-order valence-corrected chi connectivity index (χ0v) is 10.7. The molecule has 1 N–H and O–H groups in total. The standard InChI is InChI=1S/C14H19F2NO/c1-9(2)6-10-8-18-13(7-17-10)11-4-3-5-12(15)14(11)16/h3-5,9-10,13,17H,6-8H2,1-2H3. The summed E-state index contributed by atoms with van der Waals surface area (Å²) in [5.74, 6) is -1.03. The van der Waals surface area contributed by atoms with Gasteiger partial charge in [0.05, 0.1) is 12.7 Å².